The summed E-state index contributed by atoms with van der Waals surface area (Å²) in [6.45, 7) is 5.05. The summed E-state index contributed by atoms with van der Waals surface area (Å²) >= 11 is 1.65. The van der Waals surface area contributed by atoms with Gasteiger partial charge in [0.25, 0.3) is 5.89 Å². The molecular weight excluding hydrogens is 465 g/mol. The highest BCUT2D eigenvalue weighted by molar-refractivity contribution is 7.98. The van der Waals surface area contributed by atoms with Crippen molar-refractivity contribution in [2.24, 2.45) is 0 Å². The monoisotopic (exact) mass is 492 g/mol. The minimum absolute atomic E-state index is 0.00168. The number of halogens is 3. The number of urea groups is 1. The zero-order valence-corrected chi connectivity index (χ0v) is 20.1. The van der Waals surface area contributed by atoms with Crippen LogP contribution in [0, 0.1) is 5.82 Å². The third kappa shape index (κ3) is 6.11. The number of alkyl halides is 2. The van der Waals surface area contributed by atoms with Crippen molar-refractivity contribution in [3.05, 3.63) is 65.3 Å². The van der Waals surface area contributed by atoms with Gasteiger partial charge >= 0.3 is 12.5 Å². The first-order valence-electron chi connectivity index (χ1n) is 10.9. The van der Waals surface area contributed by atoms with Gasteiger partial charge in [-0.15, -0.1) is 10.2 Å². The number of rotatable bonds is 10. The number of anilines is 1. The first-order valence-corrected chi connectivity index (χ1v) is 12.3. The Morgan fingerprint density at radius 1 is 1.12 bits per heavy atom. The van der Waals surface area contributed by atoms with E-state index in [1.165, 1.54) is 12.1 Å². The number of nitrogens with zero attached hydrogens (tertiary/aromatic N) is 4. The molecule has 6 nitrogen and oxygen atoms in total. The SMILES string of the molecule is CCc1ccc(N(Cc2ccc(-c3nnc(C(F)F)o3)cc2F)C(=O)N(CC)CCSC)cc1. The zero-order valence-electron chi connectivity index (χ0n) is 19.3. The number of carbonyl (C=O) groups excluding carboxylic acids is 1. The summed E-state index contributed by atoms with van der Waals surface area (Å²) in [4.78, 5) is 16.7. The highest BCUT2D eigenvalue weighted by Gasteiger charge is 2.24. The van der Waals surface area contributed by atoms with Crippen molar-refractivity contribution in [3.63, 3.8) is 0 Å². The number of benzene rings is 2. The first-order chi connectivity index (χ1) is 16.4. The standard InChI is InChI=1S/C24H27F3N4O2S/c1-4-16-6-10-19(11-7-16)31(24(32)30(5-2)12-13-34-3)15-18-9-8-17(14-20(18)25)22-28-29-23(33-22)21(26)27/h6-11,14,21H,4-5,12-13,15H2,1-3H3. The molecule has 0 saturated heterocycles. The van der Waals surface area contributed by atoms with Crippen LogP contribution in [0.5, 0.6) is 0 Å². The van der Waals surface area contributed by atoms with Crippen LogP contribution in [0.2, 0.25) is 0 Å². The molecule has 3 rings (SSSR count). The highest BCUT2D eigenvalue weighted by Crippen LogP contribution is 2.27. The minimum atomic E-state index is -2.91. The normalized spacial score (nSPS) is 11.1. The maximum Gasteiger partial charge on any atom is 0.324 e. The van der Waals surface area contributed by atoms with Gasteiger partial charge in [0.15, 0.2) is 0 Å². The Bertz CT molecular complexity index is 1090. The summed E-state index contributed by atoms with van der Waals surface area (Å²) in [5.41, 5.74) is 2.24. The van der Waals surface area contributed by atoms with Gasteiger partial charge in [-0.2, -0.15) is 20.5 Å². The van der Waals surface area contributed by atoms with Gasteiger partial charge in [0.2, 0.25) is 5.89 Å². The highest BCUT2D eigenvalue weighted by atomic mass is 32.2. The number of hydrogen-bond acceptors (Lipinski definition) is 5. The number of carbonyl (C=O) groups is 1. The quantitative estimate of drug-likeness (QED) is 0.338. The summed E-state index contributed by atoms with van der Waals surface area (Å²) in [5, 5.41) is 6.83. The minimum Gasteiger partial charge on any atom is -0.415 e. The predicted octanol–water partition coefficient (Wildman–Crippen LogP) is 6.19. The van der Waals surface area contributed by atoms with Crippen molar-refractivity contribution in [1.29, 1.82) is 0 Å². The Kier molecular flexibility index (Phi) is 8.98. The molecule has 0 aliphatic heterocycles. The van der Waals surface area contributed by atoms with E-state index in [1.807, 2.05) is 44.4 Å². The van der Waals surface area contributed by atoms with Crippen LogP contribution in [0.4, 0.5) is 23.7 Å². The molecule has 0 aliphatic carbocycles. The third-order valence-corrected chi connectivity index (χ3v) is 5.95. The topological polar surface area (TPSA) is 62.5 Å². The Hall–Kier alpha value is -3.01. The van der Waals surface area contributed by atoms with Crippen molar-refractivity contribution >= 4 is 23.5 Å². The number of amides is 2. The molecule has 34 heavy (non-hydrogen) atoms. The van der Waals surface area contributed by atoms with Crippen molar-refractivity contribution in [3.8, 4) is 11.5 Å². The summed E-state index contributed by atoms with van der Waals surface area (Å²) in [7, 11) is 0. The second-order valence-electron chi connectivity index (χ2n) is 7.51. The van der Waals surface area contributed by atoms with E-state index in [-0.39, 0.29) is 29.6 Å². The molecule has 0 radical (unpaired) electrons. The van der Waals surface area contributed by atoms with E-state index in [2.05, 4.69) is 10.2 Å². The van der Waals surface area contributed by atoms with Crippen molar-refractivity contribution < 1.29 is 22.4 Å². The summed E-state index contributed by atoms with van der Waals surface area (Å²) in [6, 6.07) is 11.5. The summed E-state index contributed by atoms with van der Waals surface area (Å²) in [5.74, 6) is -0.838. The Labute approximate surface area is 201 Å². The lowest BCUT2D eigenvalue weighted by molar-refractivity contribution is 0.116. The van der Waals surface area contributed by atoms with Crippen LogP contribution < -0.4 is 4.90 Å². The lowest BCUT2D eigenvalue weighted by Gasteiger charge is -2.30. The van der Waals surface area contributed by atoms with Crippen LogP contribution in [0.1, 0.15) is 37.3 Å². The van der Waals surface area contributed by atoms with E-state index in [0.717, 1.165) is 23.8 Å². The van der Waals surface area contributed by atoms with Crippen LogP contribution >= 0.6 is 11.8 Å². The predicted molar refractivity (Wildman–Crippen MR) is 128 cm³/mol. The van der Waals surface area contributed by atoms with Crippen molar-refractivity contribution in [1.82, 2.24) is 15.1 Å². The molecule has 3 aromatic rings. The first kappa shape index (κ1) is 25.6. The van der Waals surface area contributed by atoms with Gasteiger partial charge in [-0.25, -0.2) is 9.18 Å². The molecule has 182 valence electrons. The zero-order chi connectivity index (χ0) is 24.7. The summed E-state index contributed by atoms with van der Waals surface area (Å²) in [6.07, 6.45) is -0.0664. The van der Waals surface area contributed by atoms with Crippen LogP contribution in [-0.4, -0.2) is 46.2 Å². The van der Waals surface area contributed by atoms with Crippen LogP contribution in [0.25, 0.3) is 11.5 Å². The molecule has 10 heteroatoms. The lowest BCUT2D eigenvalue weighted by Crippen LogP contribution is -2.44. The molecule has 2 amide bonds. The second-order valence-corrected chi connectivity index (χ2v) is 8.50. The molecule has 0 atom stereocenters. The van der Waals surface area contributed by atoms with Crippen molar-refractivity contribution in [2.45, 2.75) is 33.2 Å². The van der Waals surface area contributed by atoms with E-state index >= 15 is 4.39 Å². The van der Waals surface area contributed by atoms with Gasteiger partial charge in [0.05, 0.1) is 6.54 Å². The largest absolute Gasteiger partial charge is 0.415 e. The van der Waals surface area contributed by atoms with E-state index in [4.69, 9.17) is 4.42 Å². The fourth-order valence-electron chi connectivity index (χ4n) is 3.36. The number of aryl methyl sites for hydroxylation is 1. The average molecular weight is 493 g/mol. The maximum atomic E-state index is 15.1. The van der Waals surface area contributed by atoms with E-state index in [1.54, 1.807) is 21.6 Å². The maximum absolute atomic E-state index is 15.1. The number of thioether (sulfide) groups is 1. The van der Waals surface area contributed by atoms with E-state index in [0.29, 0.717) is 18.8 Å². The molecule has 0 spiro atoms. The molecule has 0 unspecified atom stereocenters. The Morgan fingerprint density at radius 3 is 2.41 bits per heavy atom. The third-order valence-electron chi connectivity index (χ3n) is 5.36. The second kappa shape index (κ2) is 11.9. The van der Waals surface area contributed by atoms with Crippen LogP contribution in [0.3, 0.4) is 0 Å². The Balaban J connectivity index is 1.90. The fraction of sp³-hybridized carbons (Fsp3) is 0.375. The van der Waals surface area contributed by atoms with Crippen molar-refractivity contribution in [2.75, 3.05) is 30.0 Å². The average Bonchev–Trinajstić information content (AvgIpc) is 3.34. The summed E-state index contributed by atoms with van der Waals surface area (Å²) < 4.78 is 45.4. The van der Waals surface area contributed by atoms with Gasteiger partial charge in [-0.3, -0.25) is 4.90 Å². The molecule has 0 saturated carbocycles. The molecule has 0 N–H and O–H groups in total. The number of aromatic nitrogens is 2. The van der Waals surface area contributed by atoms with Crippen LogP contribution in [-0.2, 0) is 13.0 Å². The smallest absolute Gasteiger partial charge is 0.324 e. The Morgan fingerprint density at radius 2 is 1.85 bits per heavy atom. The van der Waals surface area contributed by atoms with Gasteiger partial charge < -0.3 is 9.32 Å². The van der Waals surface area contributed by atoms with Gasteiger partial charge in [0.1, 0.15) is 5.82 Å². The lowest BCUT2D eigenvalue weighted by atomic mass is 10.1. The molecule has 1 heterocycles. The molecule has 2 aromatic carbocycles. The molecule has 0 aliphatic rings. The van der Waals surface area contributed by atoms with Gasteiger partial charge in [-0.05, 0) is 49.4 Å². The fourth-order valence-corrected chi connectivity index (χ4v) is 3.76. The van der Waals surface area contributed by atoms with Crippen LogP contribution in [0.15, 0.2) is 46.9 Å². The molecule has 0 fully saturated rings. The van der Waals surface area contributed by atoms with Gasteiger partial charge in [-0.1, -0.05) is 25.1 Å². The number of hydrogen-bond donors (Lipinski definition) is 0. The van der Waals surface area contributed by atoms with E-state index in [9.17, 15) is 13.6 Å². The molecular formula is C24H27F3N4O2S. The van der Waals surface area contributed by atoms with E-state index < -0.39 is 18.1 Å². The molecule has 0 bridgehead atoms. The van der Waals surface area contributed by atoms with Gasteiger partial charge in [0, 0.05) is 35.7 Å². The molecule has 1 aromatic heterocycles.